The Morgan fingerprint density at radius 2 is 1.84 bits per heavy atom. The largest absolute Gasteiger partial charge is 0.385 e. The van der Waals surface area contributed by atoms with Crippen molar-refractivity contribution in [3.63, 3.8) is 0 Å². The first kappa shape index (κ1) is 17.4. The van der Waals surface area contributed by atoms with Crippen LogP contribution in [0.1, 0.15) is 45.4 Å². The van der Waals surface area contributed by atoms with Gasteiger partial charge in [0.25, 0.3) is 0 Å². The van der Waals surface area contributed by atoms with Gasteiger partial charge in [-0.1, -0.05) is 29.3 Å². The summed E-state index contributed by atoms with van der Waals surface area (Å²) >= 11 is 3.63. The average molecular weight is 337 g/mol. The van der Waals surface area contributed by atoms with Crippen LogP contribution in [0.2, 0.25) is 0 Å². The molecular formula is C15H29BrO3. The molecule has 0 saturated heterocycles. The number of hydrogen-bond acceptors (Lipinski definition) is 3. The van der Waals surface area contributed by atoms with Gasteiger partial charge in [0.15, 0.2) is 0 Å². The van der Waals surface area contributed by atoms with Crippen molar-refractivity contribution in [2.45, 2.75) is 51.0 Å². The van der Waals surface area contributed by atoms with Crippen LogP contribution < -0.4 is 0 Å². The number of rotatable bonds is 10. The molecule has 0 aliphatic heterocycles. The minimum atomic E-state index is 0.0571. The van der Waals surface area contributed by atoms with Gasteiger partial charge in [-0.2, -0.15) is 0 Å². The molecule has 19 heavy (non-hydrogen) atoms. The van der Waals surface area contributed by atoms with Crippen molar-refractivity contribution in [2.24, 2.45) is 5.92 Å². The standard InChI is InChI=1S/C15H29BrO3/c1-3-14-5-7-15(13-16,8-6-14)19-12-11-18-10-4-9-17-2/h14H,3-13H2,1-2H3. The van der Waals surface area contributed by atoms with Gasteiger partial charge < -0.3 is 14.2 Å². The van der Waals surface area contributed by atoms with E-state index in [-0.39, 0.29) is 5.60 Å². The summed E-state index contributed by atoms with van der Waals surface area (Å²) in [5.74, 6) is 0.904. The molecule has 0 aromatic carbocycles. The lowest BCUT2D eigenvalue weighted by Gasteiger charge is -2.38. The molecule has 0 unspecified atom stereocenters. The van der Waals surface area contributed by atoms with Gasteiger partial charge in [0.2, 0.25) is 0 Å². The van der Waals surface area contributed by atoms with Crippen LogP contribution in [0.5, 0.6) is 0 Å². The van der Waals surface area contributed by atoms with E-state index in [1.165, 1.54) is 32.1 Å². The highest BCUT2D eigenvalue weighted by Gasteiger charge is 2.34. The third-order valence-corrected chi connectivity index (χ3v) is 5.13. The van der Waals surface area contributed by atoms with E-state index in [1.807, 2.05) is 0 Å². The lowest BCUT2D eigenvalue weighted by Crippen LogP contribution is -2.39. The van der Waals surface area contributed by atoms with E-state index < -0.39 is 0 Å². The molecule has 0 atom stereocenters. The number of hydrogen-bond donors (Lipinski definition) is 0. The van der Waals surface area contributed by atoms with Gasteiger partial charge >= 0.3 is 0 Å². The fourth-order valence-electron chi connectivity index (χ4n) is 2.65. The third-order valence-electron chi connectivity index (χ3n) is 4.11. The molecule has 1 aliphatic rings. The molecule has 0 aromatic heterocycles. The van der Waals surface area contributed by atoms with E-state index in [0.29, 0.717) is 13.2 Å². The first-order valence-corrected chi connectivity index (χ1v) is 8.65. The van der Waals surface area contributed by atoms with Crippen molar-refractivity contribution >= 4 is 15.9 Å². The van der Waals surface area contributed by atoms with Gasteiger partial charge in [-0.05, 0) is 38.0 Å². The van der Waals surface area contributed by atoms with Crippen LogP contribution in [0.25, 0.3) is 0 Å². The molecule has 1 aliphatic carbocycles. The lowest BCUT2D eigenvalue weighted by molar-refractivity contribution is -0.0795. The summed E-state index contributed by atoms with van der Waals surface area (Å²) in [7, 11) is 1.72. The monoisotopic (exact) mass is 336 g/mol. The predicted molar refractivity (Wildman–Crippen MR) is 82.0 cm³/mol. The molecule has 0 bridgehead atoms. The SMILES string of the molecule is CCC1CCC(CBr)(OCCOCCCOC)CC1. The smallest absolute Gasteiger partial charge is 0.0780 e. The third kappa shape index (κ3) is 6.56. The Hall–Kier alpha value is 0.360. The molecule has 0 N–H and O–H groups in total. The molecule has 0 radical (unpaired) electrons. The van der Waals surface area contributed by atoms with E-state index in [1.54, 1.807) is 7.11 Å². The minimum Gasteiger partial charge on any atom is -0.385 e. The Balaban J connectivity index is 2.11. The Kier molecular flexibility index (Phi) is 9.29. The molecule has 3 nitrogen and oxygen atoms in total. The van der Waals surface area contributed by atoms with E-state index in [4.69, 9.17) is 14.2 Å². The summed E-state index contributed by atoms with van der Waals surface area (Å²) in [6.07, 6.45) is 7.23. The van der Waals surface area contributed by atoms with Crippen molar-refractivity contribution in [3.05, 3.63) is 0 Å². The van der Waals surface area contributed by atoms with Crippen molar-refractivity contribution < 1.29 is 14.2 Å². The van der Waals surface area contributed by atoms with Crippen molar-refractivity contribution in [3.8, 4) is 0 Å². The van der Waals surface area contributed by atoms with E-state index >= 15 is 0 Å². The van der Waals surface area contributed by atoms with Gasteiger partial charge in [0, 0.05) is 25.7 Å². The molecule has 1 fully saturated rings. The van der Waals surface area contributed by atoms with E-state index in [2.05, 4.69) is 22.9 Å². The first-order valence-electron chi connectivity index (χ1n) is 7.53. The fourth-order valence-corrected chi connectivity index (χ4v) is 3.38. The summed E-state index contributed by atoms with van der Waals surface area (Å²) in [6.45, 7) is 5.21. The molecule has 114 valence electrons. The van der Waals surface area contributed by atoms with Gasteiger partial charge in [-0.15, -0.1) is 0 Å². The highest BCUT2D eigenvalue weighted by molar-refractivity contribution is 9.09. The Bertz CT molecular complexity index is 215. The molecular weight excluding hydrogens is 308 g/mol. The van der Waals surface area contributed by atoms with Crippen LogP contribution in [-0.4, -0.2) is 44.5 Å². The van der Waals surface area contributed by atoms with Gasteiger partial charge in [0.1, 0.15) is 0 Å². The quantitative estimate of drug-likeness (QED) is 0.448. The van der Waals surface area contributed by atoms with E-state index in [0.717, 1.165) is 30.9 Å². The van der Waals surface area contributed by atoms with Crippen LogP contribution in [0.4, 0.5) is 0 Å². The van der Waals surface area contributed by atoms with Crippen LogP contribution in [0.3, 0.4) is 0 Å². The van der Waals surface area contributed by atoms with Crippen LogP contribution in [-0.2, 0) is 14.2 Å². The van der Waals surface area contributed by atoms with Gasteiger partial charge in [-0.25, -0.2) is 0 Å². The zero-order valence-electron chi connectivity index (χ0n) is 12.5. The molecule has 0 heterocycles. The highest BCUT2D eigenvalue weighted by atomic mass is 79.9. The van der Waals surface area contributed by atoms with Gasteiger partial charge in [0.05, 0.1) is 18.8 Å². The van der Waals surface area contributed by atoms with Crippen LogP contribution in [0, 0.1) is 5.92 Å². The van der Waals surface area contributed by atoms with Gasteiger partial charge in [-0.3, -0.25) is 0 Å². The molecule has 0 amide bonds. The number of alkyl halides is 1. The second-order valence-corrected chi connectivity index (χ2v) is 6.04. The molecule has 0 aromatic rings. The maximum atomic E-state index is 6.12. The Labute approximate surface area is 126 Å². The lowest BCUT2D eigenvalue weighted by atomic mass is 9.79. The molecule has 0 spiro atoms. The summed E-state index contributed by atoms with van der Waals surface area (Å²) < 4.78 is 16.6. The molecule has 1 saturated carbocycles. The van der Waals surface area contributed by atoms with E-state index in [9.17, 15) is 0 Å². The van der Waals surface area contributed by atoms with Crippen LogP contribution >= 0.6 is 15.9 Å². The maximum Gasteiger partial charge on any atom is 0.0780 e. The second kappa shape index (κ2) is 10.1. The Morgan fingerprint density at radius 3 is 2.42 bits per heavy atom. The zero-order chi connectivity index (χ0) is 14.0. The zero-order valence-corrected chi connectivity index (χ0v) is 14.0. The second-order valence-electron chi connectivity index (χ2n) is 5.48. The molecule has 4 heteroatoms. The van der Waals surface area contributed by atoms with Crippen LogP contribution in [0.15, 0.2) is 0 Å². The first-order chi connectivity index (χ1) is 9.26. The highest BCUT2D eigenvalue weighted by Crippen LogP contribution is 2.37. The van der Waals surface area contributed by atoms with Crippen molar-refractivity contribution in [2.75, 3.05) is 38.9 Å². The predicted octanol–water partition coefficient (Wildman–Crippen LogP) is 3.79. The average Bonchev–Trinajstić information content (AvgIpc) is 2.47. The fraction of sp³-hybridized carbons (Fsp3) is 1.00. The number of methoxy groups -OCH3 is 1. The molecule has 1 rings (SSSR count). The topological polar surface area (TPSA) is 27.7 Å². The maximum absolute atomic E-state index is 6.12. The summed E-state index contributed by atoms with van der Waals surface area (Å²) in [4.78, 5) is 0. The summed E-state index contributed by atoms with van der Waals surface area (Å²) in [6, 6.07) is 0. The Morgan fingerprint density at radius 1 is 1.11 bits per heavy atom. The van der Waals surface area contributed by atoms with Crippen molar-refractivity contribution in [1.29, 1.82) is 0 Å². The minimum absolute atomic E-state index is 0.0571. The number of ether oxygens (including phenoxy) is 3. The van der Waals surface area contributed by atoms with Crippen molar-refractivity contribution in [1.82, 2.24) is 0 Å². The normalized spacial score (nSPS) is 27.6. The summed E-state index contributed by atoms with van der Waals surface area (Å²) in [5.41, 5.74) is 0.0571. The number of halogens is 1. The summed E-state index contributed by atoms with van der Waals surface area (Å²) in [5, 5.41) is 0.945.